The van der Waals surface area contributed by atoms with Crippen LogP contribution in [0.5, 0.6) is 0 Å². The molecule has 15 heavy (non-hydrogen) atoms. The lowest BCUT2D eigenvalue weighted by molar-refractivity contribution is 0.446. The standard InChI is InChI=1S/C12H23N3/c1-11-7-3-2-4-9-12(14-15-13)10-6-5-8-11/h11-12H,2-10H2,1H3. The van der Waals surface area contributed by atoms with Crippen molar-refractivity contribution in [2.24, 2.45) is 11.0 Å². The minimum Gasteiger partial charge on any atom is -0.0906 e. The fourth-order valence-corrected chi connectivity index (χ4v) is 2.40. The molecule has 1 saturated carbocycles. The lowest BCUT2D eigenvalue weighted by Gasteiger charge is -2.10. The number of hydrogen-bond donors (Lipinski definition) is 0. The lowest BCUT2D eigenvalue weighted by atomic mass is 9.97. The Hall–Kier alpha value is -0.690. The van der Waals surface area contributed by atoms with Crippen molar-refractivity contribution in [2.75, 3.05) is 0 Å². The Morgan fingerprint density at radius 2 is 1.47 bits per heavy atom. The van der Waals surface area contributed by atoms with E-state index in [2.05, 4.69) is 16.9 Å². The van der Waals surface area contributed by atoms with Gasteiger partial charge in [-0.3, -0.25) is 0 Å². The van der Waals surface area contributed by atoms with Gasteiger partial charge >= 0.3 is 0 Å². The van der Waals surface area contributed by atoms with Crippen molar-refractivity contribution in [1.29, 1.82) is 0 Å². The van der Waals surface area contributed by atoms with Crippen molar-refractivity contribution >= 4 is 0 Å². The van der Waals surface area contributed by atoms with E-state index in [1.54, 1.807) is 0 Å². The number of hydrogen-bond acceptors (Lipinski definition) is 1. The normalized spacial score (nSPS) is 29.9. The highest BCUT2D eigenvalue weighted by Gasteiger charge is 2.09. The quantitative estimate of drug-likeness (QED) is 0.337. The van der Waals surface area contributed by atoms with E-state index in [1.807, 2.05) is 0 Å². The second-order valence-corrected chi connectivity index (χ2v) is 4.89. The van der Waals surface area contributed by atoms with Gasteiger partial charge in [-0.2, -0.15) is 0 Å². The van der Waals surface area contributed by atoms with E-state index in [0.717, 1.165) is 18.8 Å². The zero-order valence-electron chi connectivity index (χ0n) is 9.86. The van der Waals surface area contributed by atoms with Crippen molar-refractivity contribution in [2.45, 2.75) is 70.8 Å². The van der Waals surface area contributed by atoms with Crippen LogP contribution < -0.4 is 0 Å². The average Bonchev–Trinajstić information content (AvgIpc) is 2.26. The molecule has 3 heteroatoms. The van der Waals surface area contributed by atoms with Crippen molar-refractivity contribution in [3.63, 3.8) is 0 Å². The Bertz CT molecular complexity index is 209. The monoisotopic (exact) mass is 209 g/mol. The summed E-state index contributed by atoms with van der Waals surface area (Å²) in [6, 6.07) is 0.267. The van der Waals surface area contributed by atoms with Crippen LogP contribution >= 0.6 is 0 Å². The molecule has 86 valence electrons. The lowest BCUT2D eigenvalue weighted by Crippen LogP contribution is -2.02. The molecule has 0 amide bonds. The predicted octanol–water partition coefficient (Wildman–Crippen LogP) is 4.83. The van der Waals surface area contributed by atoms with Gasteiger partial charge < -0.3 is 0 Å². The Balaban J connectivity index is 2.36. The molecule has 2 atom stereocenters. The van der Waals surface area contributed by atoms with E-state index in [1.165, 1.54) is 44.9 Å². The molecule has 0 radical (unpaired) electrons. The van der Waals surface area contributed by atoms with Crippen LogP contribution in [0.1, 0.15) is 64.7 Å². The number of rotatable bonds is 1. The van der Waals surface area contributed by atoms with Gasteiger partial charge in [0.1, 0.15) is 0 Å². The summed E-state index contributed by atoms with van der Waals surface area (Å²) >= 11 is 0. The summed E-state index contributed by atoms with van der Waals surface area (Å²) in [5, 5.41) is 3.89. The average molecular weight is 209 g/mol. The van der Waals surface area contributed by atoms with Crippen molar-refractivity contribution in [3.8, 4) is 0 Å². The predicted molar refractivity (Wildman–Crippen MR) is 63.7 cm³/mol. The first-order valence-corrected chi connectivity index (χ1v) is 6.37. The van der Waals surface area contributed by atoms with Crippen LogP contribution in [0.25, 0.3) is 10.4 Å². The van der Waals surface area contributed by atoms with Crippen LogP contribution in [-0.2, 0) is 0 Å². The Morgan fingerprint density at radius 3 is 2.13 bits per heavy atom. The minimum atomic E-state index is 0.267. The fraction of sp³-hybridized carbons (Fsp3) is 1.00. The van der Waals surface area contributed by atoms with Crippen LogP contribution in [0.4, 0.5) is 0 Å². The van der Waals surface area contributed by atoms with Gasteiger partial charge in [-0.05, 0) is 24.3 Å². The molecule has 1 fully saturated rings. The Labute approximate surface area is 92.9 Å². The maximum atomic E-state index is 8.46. The van der Waals surface area contributed by atoms with Gasteiger partial charge in [0.25, 0.3) is 0 Å². The van der Waals surface area contributed by atoms with Crippen molar-refractivity contribution in [3.05, 3.63) is 10.4 Å². The third-order valence-corrected chi connectivity index (χ3v) is 3.43. The van der Waals surface area contributed by atoms with Crippen molar-refractivity contribution in [1.82, 2.24) is 0 Å². The maximum absolute atomic E-state index is 8.46. The topological polar surface area (TPSA) is 48.8 Å². The van der Waals surface area contributed by atoms with Crippen LogP contribution in [0.15, 0.2) is 5.11 Å². The molecule has 0 aromatic rings. The van der Waals surface area contributed by atoms with Gasteiger partial charge in [0.05, 0.1) is 0 Å². The molecule has 1 aliphatic rings. The molecule has 1 aliphatic carbocycles. The largest absolute Gasteiger partial charge is 0.0906 e. The molecule has 0 spiro atoms. The second-order valence-electron chi connectivity index (χ2n) is 4.89. The maximum Gasteiger partial charge on any atom is 0.0374 e. The third-order valence-electron chi connectivity index (χ3n) is 3.43. The molecule has 2 unspecified atom stereocenters. The van der Waals surface area contributed by atoms with Crippen LogP contribution in [0.2, 0.25) is 0 Å². The van der Waals surface area contributed by atoms with Crippen LogP contribution in [-0.4, -0.2) is 6.04 Å². The second kappa shape index (κ2) is 7.58. The summed E-state index contributed by atoms with van der Waals surface area (Å²) in [7, 11) is 0. The highest BCUT2D eigenvalue weighted by molar-refractivity contribution is 4.69. The molecule has 0 N–H and O–H groups in total. The molecule has 0 aromatic heterocycles. The van der Waals surface area contributed by atoms with Gasteiger partial charge in [0.15, 0.2) is 0 Å². The molecule has 0 heterocycles. The van der Waals surface area contributed by atoms with Gasteiger partial charge in [0.2, 0.25) is 0 Å². The summed E-state index contributed by atoms with van der Waals surface area (Å²) in [5.41, 5.74) is 8.46. The summed E-state index contributed by atoms with van der Waals surface area (Å²) in [6.45, 7) is 2.36. The molecule has 1 rings (SSSR count). The van der Waals surface area contributed by atoms with E-state index < -0.39 is 0 Å². The zero-order valence-corrected chi connectivity index (χ0v) is 9.86. The van der Waals surface area contributed by atoms with Crippen LogP contribution in [0, 0.1) is 5.92 Å². The van der Waals surface area contributed by atoms with E-state index in [4.69, 9.17) is 5.53 Å². The van der Waals surface area contributed by atoms with E-state index >= 15 is 0 Å². The third kappa shape index (κ3) is 5.68. The van der Waals surface area contributed by atoms with E-state index in [0.29, 0.717) is 0 Å². The number of azide groups is 1. The van der Waals surface area contributed by atoms with Gasteiger partial charge in [-0.15, -0.1) is 0 Å². The van der Waals surface area contributed by atoms with Gasteiger partial charge in [-0.25, -0.2) is 0 Å². The van der Waals surface area contributed by atoms with Gasteiger partial charge in [-0.1, -0.05) is 57.0 Å². The molecule has 0 saturated heterocycles. The smallest absolute Gasteiger partial charge is 0.0374 e. The Kier molecular flexibility index (Phi) is 6.26. The Morgan fingerprint density at radius 1 is 0.933 bits per heavy atom. The molecule has 0 aliphatic heterocycles. The first kappa shape index (κ1) is 12.4. The van der Waals surface area contributed by atoms with Gasteiger partial charge in [0, 0.05) is 11.0 Å². The zero-order chi connectivity index (χ0) is 10.9. The first-order chi connectivity index (χ1) is 7.33. The first-order valence-electron chi connectivity index (χ1n) is 6.37. The molecule has 0 aromatic carbocycles. The SMILES string of the molecule is CC1CCCCCC(N=[N+]=[N-])CCCC1. The molecular weight excluding hydrogens is 186 g/mol. The summed E-state index contributed by atoms with van der Waals surface area (Å²) in [4.78, 5) is 2.95. The summed E-state index contributed by atoms with van der Waals surface area (Å²) in [6.07, 6.45) is 11.3. The van der Waals surface area contributed by atoms with E-state index in [-0.39, 0.29) is 6.04 Å². The molecule has 0 bridgehead atoms. The summed E-state index contributed by atoms with van der Waals surface area (Å²) < 4.78 is 0. The molecule has 3 nitrogen and oxygen atoms in total. The molecular formula is C12H23N3. The van der Waals surface area contributed by atoms with E-state index in [9.17, 15) is 0 Å². The summed E-state index contributed by atoms with van der Waals surface area (Å²) in [5.74, 6) is 0.890. The highest BCUT2D eigenvalue weighted by atomic mass is 15.1. The minimum absolute atomic E-state index is 0.267. The number of nitrogens with zero attached hydrogens (tertiary/aromatic N) is 3. The van der Waals surface area contributed by atoms with Crippen molar-refractivity contribution < 1.29 is 0 Å². The van der Waals surface area contributed by atoms with Crippen LogP contribution in [0.3, 0.4) is 0 Å². The fourth-order valence-electron chi connectivity index (χ4n) is 2.40. The highest BCUT2D eigenvalue weighted by Crippen LogP contribution is 2.22.